The highest BCUT2D eigenvalue weighted by Crippen LogP contribution is 2.36. The van der Waals surface area contributed by atoms with Crippen molar-refractivity contribution in [2.75, 3.05) is 5.32 Å². The molecule has 1 unspecified atom stereocenters. The van der Waals surface area contributed by atoms with Gasteiger partial charge in [-0.1, -0.05) is 20.3 Å². The first-order valence-corrected chi connectivity index (χ1v) is 6.17. The van der Waals surface area contributed by atoms with Crippen LogP contribution in [0.15, 0.2) is 18.2 Å². The molecule has 94 valence electrons. The average Bonchev–Trinajstić information content (AvgIpc) is 2.13. The molecule has 1 nitrogen and oxygen atoms in total. The van der Waals surface area contributed by atoms with E-state index in [4.69, 9.17) is 0 Å². The van der Waals surface area contributed by atoms with E-state index >= 15 is 0 Å². The van der Waals surface area contributed by atoms with E-state index in [1.165, 1.54) is 25.0 Å². The van der Waals surface area contributed by atoms with E-state index in [0.29, 0.717) is 17.1 Å². The Kier molecular flexibility index (Phi) is 3.36. The molecule has 0 saturated heterocycles. The Morgan fingerprint density at radius 2 is 1.82 bits per heavy atom. The van der Waals surface area contributed by atoms with Crippen molar-refractivity contribution >= 4 is 5.69 Å². The first kappa shape index (κ1) is 12.3. The van der Waals surface area contributed by atoms with Crippen LogP contribution in [0.4, 0.5) is 14.5 Å². The van der Waals surface area contributed by atoms with Gasteiger partial charge in [0.15, 0.2) is 0 Å². The van der Waals surface area contributed by atoms with Crippen LogP contribution in [0.2, 0.25) is 0 Å². The van der Waals surface area contributed by atoms with Crippen LogP contribution in [-0.2, 0) is 0 Å². The predicted octanol–water partition coefficient (Wildman–Crippen LogP) is 4.35. The fourth-order valence-electron chi connectivity index (χ4n) is 2.69. The molecular formula is C14H19F2N. The Hall–Kier alpha value is -1.12. The highest BCUT2D eigenvalue weighted by molar-refractivity contribution is 5.44. The van der Waals surface area contributed by atoms with Gasteiger partial charge in [0.2, 0.25) is 0 Å². The van der Waals surface area contributed by atoms with Crippen molar-refractivity contribution in [3.8, 4) is 0 Å². The van der Waals surface area contributed by atoms with Crippen LogP contribution in [0.25, 0.3) is 0 Å². The molecule has 0 amide bonds. The molecule has 0 aliphatic heterocycles. The van der Waals surface area contributed by atoms with Crippen molar-refractivity contribution in [2.45, 2.75) is 45.6 Å². The van der Waals surface area contributed by atoms with Crippen LogP contribution in [-0.4, -0.2) is 6.04 Å². The van der Waals surface area contributed by atoms with Crippen LogP contribution in [0.1, 0.15) is 39.5 Å². The van der Waals surface area contributed by atoms with E-state index in [0.717, 1.165) is 18.9 Å². The zero-order valence-corrected chi connectivity index (χ0v) is 10.4. The summed E-state index contributed by atoms with van der Waals surface area (Å²) in [6, 6.07) is 3.92. The molecule has 1 N–H and O–H groups in total. The molecular weight excluding hydrogens is 220 g/mol. The maximum Gasteiger partial charge on any atom is 0.128 e. The highest BCUT2D eigenvalue weighted by atomic mass is 19.1. The Bertz CT molecular complexity index is 381. The van der Waals surface area contributed by atoms with Gasteiger partial charge in [-0.15, -0.1) is 0 Å². The SMILES string of the molecule is CC1(C)CCCC(Nc2cc(F)cc(F)c2)C1. The quantitative estimate of drug-likeness (QED) is 0.809. The number of hydrogen-bond acceptors (Lipinski definition) is 1. The summed E-state index contributed by atoms with van der Waals surface area (Å²) in [7, 11) is 0. The number of anilines is 1. The van der Waals surface area contributed by atoms with Crippen molar-refractivity contribution < 1.29 is 8.78 Å². The number of rotatable bonds is 2. The molecule has 1 aliphatic rings. The Labute approximate surface area is 101 Å². The van der Waals surface area contributed by atoms with E-state index in [9.17, 15) is 8.78 Å². The topological polar surface area (TPSA) is 12.0 Å². The normalized spacial score (nSPS) is 23.4. The van der Waals surface area contributed by atoms with Gasteiger partial charge in [0.25, 0.3) is 0 Å². The van der Waals surface area contributed by atoms with E-state index in [1.807, 2.05) is 0 Å². The maximum atomic E-state index is 13.1. The number of benzene rings is 1. The fraction of sp³-hybridized carbons (Fsp3) is 0.571. The third kappa shape index (κ3) is 3.42. The second-order valence-corrected chi connectivity index (χ2v) is 5.76. The number of nitrogens with one attached hydrogen (secondary N) is 1. The predicted molar refractivity (Wildman–Crippen MR) is 66.0 cm³/mol. The van der Waals surface area contributed by atoms with Crippen molar-refractivity contribution in [3.63, 3.8) is 0 Å². The Morgan fingerprint density at radius 1 is 1.18 bits per heavy atom. The van der Waals surface area contributed by atoms with Gasteiger partial charge in [-0.3, -0.25) is 0 Å². The molecule has 1 atom stereocenters. The largest absolute Gasteiger partial charge is 0.382 e. The zero-order valence-electron chi connectivity index (χ0n) is 10.4. The van der Waals surface area contributed by atoms with Gasteiger partial charge in [0.05, 0.1) is 0 Å². The highest BCUT2D eigenvalue weighted by Gasteiger charge is 2.27. The van der Waals surface area contributed by atoms with Crippen LogP contribution in [0.5, 0.6) is 0 Å². The maximum absolute atomic E-state index is 13.1. The third-order valence-electron chi connectivity index (χ3n) is 3.44. The van der Waals surface area contributed by atoms with E-state index in [2.05, 4.69) is 19.2 Å². The Balaban J connectivity index is 2.05. The Morgan fingerprint density at radius 3 is 2.41 bits per heavy atom. The standard InChI is InChI=1S/C14H19F2N/c1-14(2)5-3-4-12(9-14)17-13-7-10(15)6-11(16)8-13/h6-8,12,17H,3-5,9H2,1-2H3. The molecule has 2 rings (SSSR count). The lowest BCUT2D eigenvalue weighted by Crippen LogP contribution is -2.31. The van der Waals surface area contributed by atoms with Crippen LogP contribution in [0.3, 0.4) is 0 Å². The van der Waals surface area contributed by atoms with Crippen LogP contribution >= 0.6 is 0 Å². The lowest BCUT2D eigenvalue weighted by molar-refractivity contribution is 0.229. The first-order valence-electron chi connectivity index (χ1n) is 6.17. The van der Waals surface area contributed by atoms with Crippen molar-refractivity contribution in [2.24, 2.45) is 5.41 Å². The molecule has 17 heavy (non-hydrogen) atoms. The molecule has 0 aromatic heterocycles. The van der Waals surface area contributed by atoms with Crippen LogP contribution in [0, 0.1) is 17.0 Å². The smallest absolute Gasteiger partial charge is 0.128 e. The molecule has 1 aromatic carbocycles. The fourth-order valence-corrected chi connectivity index (χ4v) is 2.69. The minimum absolute atomic E-state index is 0.319. The summed E-state index contributed by atoms with van der Waals surface area (Å²) in [5.74, 6) is -1.05. The number of halogens is 2. The van der Waals surface area contributed by atoms with Gasteiger partial charge in [-0.25, -0.2) is 8.78 Å². The first-order chi connectivity index (χ1) is 7.94. The monoisotopic (exact) mass is 239 g/mol. The summed E-state index contributed by atoms with van der Waals surface area (Å²) in [5.41, 5.74) is 0.868. The molecule has 0 heterocycles. The second-order valence-electron chi connectivity index (χ2n) is 5.76. The van der Waals surface area contributed by atoms with Gasteiger partial charge in [-0.2, -0.15) is 0 Å². The third-order valence-corrected chi connectivity index (χ3v) is 3.44. The zero-order chi connectivity index (χ0) is 12.5. The lowest BCUT2D eigenvalue weighted by Gasteiger charge is -2.36. The number of hydrogen-bond donors (Lipinski definition) is 1. The molecule has 0 bridgehead atoms. The minimum atomic E-state index is -0.525. The summed E-state index contributed by atoms with van der Waals surface area (Å²) in [4.78, 5) is 0. The lowest BCUT2D eigenvalue weighted by atomic mass is 9.75. The summed E-state index contributed by atoms with van der Waals surface area (Å²) < 4.78 is 26.1. The molecule has 1 saturated carbocycles. The van der Waals surface area contributed by atoms with Crippen molar-refractivity contribution in [1.82, 2.24) is 0 Å². The molecule has 0 radical (unpaired) electrons. The van der Waals surface area contributed by atoms with E-state index in [1.54, 1.807) is 0 Å². The summed E-state index contributed by atoms with van der Waals surface area (Å²) in [6.07, 6.45) is 4.51. The van der Waals surface area contributed by atoms with Crippen LogP contribution < -0.4 is 5.32 Å². The van der Waals surface area contributed by atoms with Crippen molar-refractivity contribution in [1.29, 1.82) is 0 Å². The van der Waals surface area contributed by atoms with Gasteiger partial charge in [0, 0.05) is 17.8 Å². The minimum Gasteiger partial charge on any atom is -0.382 e. The molecule has 1 fully saturated rings. The van der Waals surface area contributed by atoms with Gasteiger partial charge in [-0.05, 0) is 36.8 Å². The molecule has 1 aromatic rings. The van der Waals surface area contributed by atoms with E-state index < -0.39 is 11.6 Å². The van der Waals surface area contributed by atoms with Gasteiger partial charge < -0.3 is 5.32 Å². The second kappa shape index (κ2) is 4.63. The van der Waals surface area contributed by atoms with Crippen molar-refractivity contribution in [3.05, 3.63) is 29.8 Å². The summed E-state index contributed by atoms with van der Waals surface area (Å²) >= 11 is 0. The van der Waals surface area contributed by atoms with E-state index in [-0.39, 0.29) is 0 Å². The van der Waals surface area contributed by atoms with Gasteiger partial charge >= 0.3 is 0 Å². The molecule has 1 aliphatic carbocycles. The summed E-state index contributed by atoms with van der Waals surface area (Å²) in [6.45, 7) is 4.49. The molecule has 3 heteroatoms. The van der Waals surface area contributed by atoms with Gasteiger partial charge in [0.1, 0.15) is 11.6 Å². The summed E-state index contributed by atoms with van der Waals surface area (Å²) in [5, 5.41) is 3.24. The average molecular weight is 239 g/mol. The molecule has 0 spiro atoms.